The number of hydrogen-bond donors (Lipinski definition) is 0. The molecule has 6 nitrogen and oxygen atoms in total. The minimum atomic E-state index is -0.683. The molecule has 0 atom stereocenters. The van der Waals surface area contributed by atoms with E-state index in [2.05, 4.69) is 6.58 Å². The van der Waals surface area contributed by atoms with E-state index in [1.807, 2.05) is 0 Å². The van der Waals surface area contributed by atoms with Crippen LogP contribution < -0.4 is 0 Å². The van der Waals surface area contributed by atoms with Gasteiger partial charge in [-0.05, 0) is 13.8 Å². The normalized spacial score (nSPS) is 9.58. The summed E-state index contributed by atoms with van der Waals surface area (Å²) in [6.07, 6.45) is -0.331. The van der Waals surface area contributed by atoms with E-state index in [9.17, 15) is 19.2 Å². The van der Waals surface area contributed by atoms with Gasteiger partial charge in [0, 0.05) is 12.0 Å². The lowest BCUT2D eigenvalue weighted by Crippen LogP contribution is -2.15. The molecule has 0 aliphatic carbocycles. The topological polar surface area (TPSA) is 86.7 Å². The SMILES string of the molecule is C=C(C)C(=O)OCCCOC(=O)CC(=O)CC(C)=O. The molecule has 0 rings (SSSR count). The molecule has 19 heavy (non-hydrogen) atoms. The first kappa shape index (κ1) is 17.0. The van der Waals surface area contributed by atoms with E-state index in [4.69, 9.17) is 9.47 Å². The van der Waals surface area contributed by atoms with Crippen molar-refractivity contribution in [1.82, 2.24) is 0 Å². The molecule has 0 amide bonds. The van der Waals surface area contributed by atoms with Gasteiger partial charge in [-0.15, -0.1) is 0 Å². The summed E-state index contributed by atoms with van der Waals surface area (Å²) in [5, 5.41) is 0. The zero-order chi connectivity index (χ0) is 14.8. The van der Waals surface area contributed by atoms with Gasteiger partial charge in [-0.25, -0.2) is 4.79 Å². The number of hydrogen-bond acceptors (Lipinski definition) is 6. The molecule has 0 aromatic rings. The number of rotatable bonds is 9. The minimum absolute atomic E-state index is 0.0512. The first-order valence-electron chi connectivity index (χ1n) is 5.82. The number of carbonyl (C=O) groups is 4. The van der Waals surface area contributed by atoms with E-state index in [1.54, 1.807) is 0 Å². The van der Waals surface area contributed by atoms with Crippen molar-refractivity contribution >= 4 is 23.5 Å². The monoisotopic (exact) mass is 270 g/mol. The van der Waals surface area contributed by atoms with Crippen LogP contribution in [0.3, 0.4) is 0 Å². The second kappa shape index (κ2) is 9.02. The molecule has 6 heteroatoms. The largest absolute Gasteiger partial charge is 0.465 e. The smallest absolute Gasteiger partial charge is 0.333 e. The minimum Gasteiger partial charge on any atom is -0.465 e. The van der Waals surface area contributed by atoms with Crippen molar-refractivity contribution in [3.8, 4) is 0 Å². The highest BCUT2D eigenvalue weighted by Gasteiger charge is 2.12. The van der Waals surface area contributed by atoms with Crippen molar-refractivity contribution in [3.05, 3.63) is 12.2 Å². The number of Topliss-reactive ketones (excluding diaryl/α,β-unsaturated/α-hetero) is 2. The lowest BCUT2D eigenvalue weighted by atomic mass is 10.2. The van der Waals surface area contributed by atoms with Gasteiger partial charge < -0.3 is 9.47 Å². The first-order chi connectivity index (χ1) is 8.82. The van der Waals surface area contributed by atoms with Crippen LogP contribution in [0.25, 0.3) is 0 Å². The Balaban J connectivity index is 3.64. The van der Waals surface area contributed by atoms with Crippen LogP contribution in [0.15, 0.2) is 12.2 Å². The van der Waals surface area contributed by atoms with Crippen LogP contribution in [0.5, 0.6) is 0 Å². The lowest BCUT2D eigenvalue weighted by Gasteiger charge is -2.05. The first-order valence-corrected chi connectivity index (χ1v) is 5.82. The Morgan fingerprint density at radius 2 is 1.53 bits per heavy atom. The van der Waals surface area contributed by atoms with Crippen LogP contribution in [0.1, 0.15) is 33.1 Å². The molecular weight excluding hydrogens is 252 g/mol. The molecule has 0 fully saturated rings. The molecule has 0 N–H and O–H groups in total. The Kier molecular flexibility index (Phi) is 8.08. The van der Waals surface area contributed by atoms with Crippen LogP contribution in [-0.4, -0.2) is 36.7 Å². The van der Waals surface area contributed by atoms with Gasteiger partial charge in [0.05, 0.1) is 19.6 Å². The van der Waals surface area contributed by atoms with Gasteiger partial charge in [-0.3, -0.25) is 14.4 Å². The molecule has 0 aliphatic heterocycles. The summed E-state index contributed by atoms with van der Waals surface area (Å²) < 4.78 is 9.53. The maximum Gasteiger partial charge on any atom is 0.333 e. The summed E-state index contributed by atoms with van der Waals surface area (Å²) in [6, 6.07) is 0. The highest BCUT2D eigenvalue weighted by atomic mass is 16.5. The van der Waals surface area contributed by atoms with Crippen molar-refractivity contribution < 1.29 is 28.7 Å². The quantitative estimate of drug-likeness (QED) is 0.268. The van der Waals surface area contributed by atoms with Crippen LogP contribution in [-0.2, 0) is 28.7 Å². The van der Waals surface area contributed by atoms with Gasteiger partial charge in [0.25, 0.3) is 0 Å². The average molecular weight is 270 g/mol. The predicted octanol–water partition coefficient (Wildman–Crippen LogP) is 0.977. The second-order valence-electron chi connectivity index (χ2n) is 4.08. The van der Waals surface area contributed by atoms with E-state index in [-0.39, 0.29) is 25.4 Å². The molecule has 0 spiro atoms. The fourth-order valence-electron chi connectivity index (χ4n) is 1.09. The summed E-state index contributed by atoms with van der Waals surface area (Å²) in [5.41, 5.74) is 0.298. The van der Waals surface area contributed by atoms with Crippen LogP contribution >= 0.6 is 0 Å². The third-order valence-corrected chi connectivity index (χ3v) is 1.92. The molecular formula is C13H18O6. The molecule has 106 valence electrons. The lowest BCUT2D eigenvalue weighted by molar-refractivity contribution is -0.146. The molecule has 0 aromatic carbocycles. The van der Waals surface area contributed by atoms with E-state index < -0.39 is 24.1 Å². The molecule has 0 aromatic heterocycles. The van der Waals surface area contributed by atoms with Crippen molar-refractivity contribution in [3.63, 3.8) is 0 Å². The molecule has 0 saturated heterocycles. The second-order valence-corrected chi connectivity index (χ2v) is 4.08. The summed E-state index contributed by atoms with van der Waals surface area (Å²) >= 11 is 0. The Hall–Kier alpha value is -1.98. The van der Waals surface area contributed by atoms with E-state index in [0.717, 1.165) is 0 Å². The zero-order valence-electron chi connectivity index (χ0n) is 11.2. The number of ketones is 2. The van der Waals surface area contributed by atoms with Gasteiger partial charge in [-0.1, -0.05) is 6.58 Å². The third-order valence-electron chi connectivity index (χ3n) is 1.92. The fraction of sp³-hybridized carbons (Fsp3) is 0.538. The van der Waals surface area contributed by atoms with E-state index in [1.165, 1.54) is 13.8 Å². The standard InChI is InChI=1S/C13H18O6/c1-9(2)13(17)19-6-4-5-18-12(16)8-11(15)7-10(3)14/h1,4-8H2,2-3H3. The molecule has 0 aliphatic rings. The van der Waals surface area contributed by atoms with E-state index in [0.29, 0.717) is 12.0 Å². The molecule has 0 saturated carbocycles. The van der Waals surface area contributed by atoms with Gasteiger partial charge in [0.1, 0.15) is 12.2 Å². The van der Waals surface area contributed by atoms with Gasteiger partial charge in [-0.2, -0.15) is 0 Å². The Morgan fingerprint density at radius 3 is 2.05 bits per heavy atom. The fourth-order valence-corrected chi connectivity index (χ4v) is 1.09. The Labute approximate surface area is 111 Å². The molecule has 0 radical (unpaired) electrons. The molecule has 0 bridgehead atoms. The third kappa shape index (κ3) is 9.70. The van der Waals surface area contributed by atoms with Crippen LogP contribution in [0.4, 0.5) is 0 Å². The Morgan fingerprint density at radius 1 is 0.947 bits per heavy atom. The summed E-state index contributed by atoms with van der Waals surface area (Å²) in [4.78, 5) is 43.9. The van der Waals surface area contributed by atoms with Gasteiger partial charge in [0.15, 0.2) is 5.78 Å². The number of ether oxygens (including phenoxy) is 2. The van der Waals surface area contributed by atoms with E-state index >= 15 is 0 Å². The zero-order valence-corrected chi connectivity index (χ0v) is 11.2. The summed E-state index contributed by atoms with van der Waals surface area (Å²) in [7, 11) is 0. The number of carbonyl (C=O) groups excluding carboxylic acids is 4. The van der Waals surface area contributed by atoms with Crippen LogP contribution in [0, 0.1) is 0 Å². The van der Waals surface area contributed by atoms with Crippen molar-refractivity contribution in [2.75, 3.05) is 13.2 Å². The van der Waals surface area contributed by atoms with Gasteiger partial charge >= 0.3 is 11.9 Å². The predicted molar refractivity (Wildman–Crippen MR) is 66.3 cm³/mol. The highest BCUT2D eigenvalue weighted by molar-refractivity contribution is 6.04. The average Bonchev–Trinajstić information content (AvgIpc) is 2.26. The molecule has 0 heterocycles. The highest BCUT2D eigenvalue weighted by Crippen LogP contribution is 1.97. The summed E-state index contributed by atoms with van der Waals surface area (Å²) in [6.45, 7) is 6.38. The van der Waals surface area contributed by atoms with Gasteiger partial charge in [0.2, 0.25) is 0 Å². The molecule has 0 unspecified atom stereocenters. The van der Waals surface area contributed by atoms with Crippen molar-refractivity contribution in [2.24, 2.45) is 0 Å². The maximum atomic E-state index is 11.2. The number of esters is 2. The summed E-state index contributed by atoms with van der Waals surface area (Å²) in [5.74, 6) is -1.93. The maximum absolute atomic E-state index is 11.2. The van der Waals surface area contributed by atoms with Crippen molar-refractivity contribution in [1.29, 1.82) is 0 Å². The van der Waals surface area contributed by atoms with Crippen molar-refractivity contribution in [2.45, 2.75) is 33.1 Å². The Bertz CT molecular complexity index is 383. The van der Waals surface area contributed by atoms with Crippen LogP contribution in [0.2, 0.25) is 0 Å².